The van der Waals surface area contributed by atoms with Gasteiger partial charge in [-0.05, 0) is 40.5 Å². The van der Waals surface area contributed by atoms with Crippen LogP contribution in [-0.4, -0.2) is 14.6 Å². The van der Waals surface area contributed by atoms with Gasteiger partial charge < -0.3 is 0 Å². The maximum absolute atomic E-state index is 13.3. The van der Waals surface area contributed by atoms with Gasteiger partial charge in [0.15, 0.2) is 6.10 Å². The molecule has 0 aliphatic carbocycles. The van der Waals surface area contributed by atoms with Crippen LogP contribution in [0.1, 0.15) is 17.2 Å². The molecule has 0 aromatic heterocycles. The van der Waals surface area contributed by atoms with Crippen molar-refractivity contribution in [2.24, 2.45) is 0 Å². The summed E-state index contributed by atoms with van der Waals surface area (Å²) in [6, 6.07) is 10.8. The summed E-state index contributed by atoms with van der Waals surface area (Å²) in [4.78, 5) is -0.360. The van der Waals surface area contributed by atoms with Gasteiger partial charge in [0.2, 0.25) is 0 Å². The van der Waals surface area contributed by atoms with Crippen LogP contribution in [-0.2, 0) is 14.3 Å². The average Bonchev–Trinajstić information content (AvgIpc) is 2.45. The largest absolute Gasteiger partial charge is 0.420 e. The third-order valence-corrected chi connectivity index (χ3v) is 5.30. The maximum atomic E-state index is 13.3. The molecule has 3 nitrogen and oxygen atoms in total. The molecule has 124 valence electrons. The van der Waals surface area contributed by atoms with Crippen LogP contribution in [0, 0.1) is 6.92 Å². The minimum Gasteiger partial charge on any atom is -0.248 e. The second-order valence-electron chi connectivity index (χ2n) is 4.81. The van der Waals surface area contributed by atoms with E-state index in [9.17, 15) is 21.6 Å². The monoisotopic (exact) mass is 408 g/mol. The molecule has 0 heterocycles. The van der Waals surface area contributed by atoms with Crippen LogP contribution in [0.5, 0.6) is 0 Å². The number of aryl methyl sites for hydroxylation is 1. The minimum atomic E-state index is -4.87. The molecular formula is C15H12BrF3O3S. The van der Waals surface area contributed by atoms with Crippen molar-refractivity contribution in [2.75, 3.05) is 0 Å². The zero-order valence-electron chi connectivity index (χ0n) is 11.8. The zero-order chi connectivity index (χ0) is 17.3. The van der Waals surface area contributed by atoms with E-state index in [0.29, 0.717) is 0 Å². The van der Waals surface area contributed by atoms with E-state index in [1.54, 1.807) is 13.0 Å². The van der Waals surface area contributed by atoms with E-state index in [1.165, 1.54) is 42.5 Å². The van der Waals surface area contributed by atoms with E-state index >= 15 is 0 Å². The molecule has 2 aromatic carbocycles. The summed E-state index contributed by atoms with van der Waals surface area (Å²) in [7, 11) is -4.60. The van der Waals surface area contributed by atoms with E-state index in [0.717, 1.165) is 5.56 Å². The van der Waals surface area contributed by atoms with Crippen LogP contribution in [0.4, 0.5) is 13.2 Å². The standard InChI is InChI=1S/C15H12BrF3O3S/c1-10-6-8-11(9-7-10)14(15(17,18)19)22-23(20,21)13-5-3-2-4-12(13)16/h2-9,14H,1H3. The highest BCUT2D eigenvalue weighted by molar-refractivity contribution is 9.10. The van der Waals surface area contributed by atoms with Crippen molar-refractivity contribution in [2.45, 2.75) is 24.1 Å². The van der Waals surface area contributed by atoms with Crippen molar-refractivity contribution in [3.05, 3.63) is 64.1 Å². The Morgan fingerprint density at radius 2 is 1.61 bits per heavy atom. The van der Waals surface area contributed by atoms with E-state index in [2.05, 4.69) is 20.1 Å². The van der Waals surface area contributed by atoms with Gasteiger partial charge in [-0.25, -0.2) is 4.18 Å². The number of benzene rings is 2. The fourth-order valence-electron chi connectivity index (χ4n) is 1.87. The first-order valence-electron chi connectivity index (χ1n) is 6.42. The summed E-state index contributed by atoms with van der Waals surface area (Å²) < 4.78 is 68.8. The molecule has 1 atom stereocenters. The molecule has 0 aliphatic rings. The van der Waals surface area contributed by atoms with Crippen molar-refractivity contribution in [3.63, 3.8) is 0 Å². The lowest BCUT2D eigenvalue weighted by molar-refractivity contribution is -0.196. The smallest absolute Gasteiger partial charge is 0.248 e. The molecule has 0 saturated heterocycles. The Labute approximate surface area is 140 Å². The lowest BCUT2D eigenvalue weighted by Crippen LogP contribution is -2.26. The number of halogens is 4. The van der Waals surface area contributed by atoms with Crippen molar-refractivity contribution < 1.29 is 25.8 Å². The molecule has 0 aliphatic heterocycles. The van der Waals surface area contributed by atoms with Gasteiger partial charge >= 0.3 is 6.18 Å². The van der Waals surface area contributed by atoms with Crippen molar-refractivity contribution in [1.29, 1.82) is 0 Å². The molecule has 0 saturated carbocycles. The Morgan fingerprint density at radius 1 is 1.04 bits per heavy atom. The molecular weight excluding hydrogens is 397 g/mol. The van der Waals surface area contributed by atoms with Gasteiger partial charge in [-0.15, -0.1) is 0 Å². The molecule has 0 bridgehead atoms. The van der Waals surface area contributed by atoms with Crippen LogP contribution in [0.25, 0.3) is 0 Å². The SMILES string of the molecule is Cc1ccc(C(OS(=O)(=O)c2ccccc2Br)C(F)(F)F)cc1. The minimum absolute atomic E-state index is 0.129. The molecule has 2 aromatic rings. The van der Waals surface area contributed by atoms with Gasteiger partial charge in [0, 0.05) is 4.47 Å². The molecule has 1 unspecified atom stereocenters. The number of hydrogen-bond acceptors (Lipinski definition) is 3. The summed E-state index contributed by atoms with van der Waals surface area (Å²) >= 11 is 3.00. The summed E-state index contributed by atoms with van der Waals surface area (Å²) in [6.45, 7) is 1.71. The second-order valence-corrected chi connectivity index (χ2v) is 7.21. The topological polar surface area (TPSA) is 43.4 Å². The zero-order valence-corrected chi connectivity index (χ0v) is 14.2. The Hall–Kier alpha value is -1.38. The Bertz CT molecular complexity index is 786. The number of hydrogen-bond donors (Lipinski definition) is 0. The third kappa shape index (κ3) is 4.33. The second kappa shape index (κ2) is 6.62. The summed E-state index contributed by atoms with van der Waals surface area (Å²) in [6.07, 6.45) is -7.44. The molecule has 0 N–H and O–H groups in total. The van der Waals surface area contributed by atoms with E-state index < -0.39 is 22.4 Å². The lowest BCUT2D eigenvalue weighted by Gasteiger charge is -2.21. The first-order chi connectivity index (χ1) is 10.6. The first-order valence-corrected chi connectivity index (χ1v) is 8.62. The maximum Gasteiger partial charge on any atom is 0.420 e. The molecule has 23 heavy (non-hydrogen) atoms. The van der Waals surface area contributed by atoms with Crippen LogP contribution < -0.4 is 0 Å². The van der Waals surface area contributed by atoms with Crippen LogP contribution in [0.3, 0.4) is 0 Å². The molecule has 0 fully saturated rings. The van der Waals surface area contributed by atoms with Crippen LogP contribution in [0.15, 0.2) is 57.9 Å². The fourth-order valence-corrected chi connectivity index (χ4v) is 3.88. The van der Waals surface area contributed by atoms with E-state index in [1.807, 2.05) is 0 Å². The highest BCUT2D eigenvalue weighted by atomic mass is 79.9. The highest BCUT2D eigenvalue weighted by Gasteiger charge is 2.45. The first kappa shape index (κ1) is 18.0. The summed E-state index contributed by atoms with van der Waals surface area (Å²) in [5, 5.41) is 0. The lowest BCUT2D eigenvalue weighted by atomic mass is 10.1. The molecule has 2 rings (SSSR count). The average molecular weight is 409 g/mol. The van der Waals surface area contributed by atoms with Crippen LogP contribution in [0.2, 0.25) is 0 Å². The van der Waals surface area contributed by atoms with Gasteiger partial charge in [0.25, 0.3) is 10.1 Å². The normalized spacial score (nSPS) is 13.8. The van der Waals surface area contributed by atoms with Crippen LogP contribution >= 0.6 is 15.9 Å². The summed E-state index contributed by atoms with van der Waals surface area (Å²) in [5.41, 5.74) is 0.474. The van der Waals surface area contributed by atoms with Gasteiger partial charge in [-0.3, -0.25) is 0 Å². The molecule has 0 spiro atoms. The van der Waals surface area contributed by atoms with Crippen molar-refractivity contribution in [1.82, 2.24) is 0 Å². The quantitative estimate of drug-likeness (QED) is 0.684. The molecule has 0 radical (unpaired) electrons. The predicted octanol–water partition coefficient (Wildman–Crippen LogP) is 4.77. The Balaban J connectivity index is 2.43. The predicted molar refractivity (Wildman–Crippen MR) is 82.4 cm³/mol. The Morgan fingerprint density at radius 3 is 2.13 bits per heavy atom. The van der Waals surface area contributed by atoms with Crippen molar-refractivity contribution >= 4 is 26.0 Å². The number of rotatable bonds is 4. The number of alkyl halides is 3. The third-order valence-electron chi connectivity index (χ3n) is 3.01. The van der Waals surface area contributed by atoms with Crippen molar-refractivity contribution in [3.8, 4) is 0 Å². The van der Waals surface area contributed by atoms with Gasteiger partial charge in [0.05, 0.1) is 0 Å². The van der Waals surface area contributed by atoms with E-state index in [-0.39, 0.29) is 14.9 Å². The van der Waals surface area contributed by atoms with Gasteiger partial charge in [0.1, 0.15) is 4.90 Å². The molecule has 0 amide bonds. The van der Waals surface area contributed by atoms with Gasteiger partial charge in [-0.1, -0.05) is 42.0 Å². The van der Waals surface area contributed by atoms with Gasteiger partial charge in [-0.2, -0.15) is 21.6 Å². The molecule has 8 heteroatoms. The summed E-state index contributed by atoms with van der Waals surface area (Å²) in [5.74, 6) is 0. The fraction of sp³-hybridized carbons (Fsp3) is 0.200. The highest BCUT2D eigenvalue weighted by Crippen LogP contribution is 2.39. The van der Waals surface area contributed by atoms with E-state index in [4.69, 9.17) is 0 Å². The Kier molecular flexibility index (Phi) is 5.17.